The van der Waals surface area contributed by atoms with E-state index in [9.17, 15) is 18.0 Å². The van der Waals surface area contributed by atoms with E-state index in [1.54, 1.807) is 0 Å². The number of carboxylic acid groups (broad SMARTS) is 1. The number of anilines is 1. The lowest BCUT2D eigenvalue weighted by Crippen LogP contribution is -2.22. The number of hydrogen-bond acceptors (Lipinski definition) is 5. The number of rotatable bonds is 3. The normalized spacial score (nSPS) is 17.2. The van der Waals surface area contributed by atoms with Gasteiger partial charge in [-0.2, -0.15) is 18.5 Å². The topological polar surface area (TPSA) is 124 Å². The number of amides is 1. The van der Waals surface area contributed by atoms with Crippen LogP contribution in [0.1, 0.15) is 6.92 Å². The van der Waals surface area contributed by atoms with Gasteiger partial charge < -0.3 is 5.11 Å². The second-order valence-corrected chi connectivity index (χ2v) is 5.46. The van der Waals surface area contributed by atoms with Crippen molar-refractivity contribution in [1.29, 1.82) is 0 Å². The van der Waals surface area contributed by atoms with E-state index < -0.39 is 22.0 Å². The van der Waals surface area contributed by atoms with E-state index in [-0.39, 0.29) is 21.9 Å². The highest BCUT2D eigenvalue weighted by atomic mass is 32.2. The van der Waals surface area contributed by atoms with Gasteiger partial charge in [-0.3, -0.25) is 9.35 Å². The van der Waals surface area contributed by atoms with Crippen LogP contribution in [0.2, 0.25) is 0 Å². The molecule has 8 nitrogen and oxygen atoms in total. The number of nitrogens with zero attached hydrogens (tertiary/aromatic N) is 2. The molecule has 0 spiro atoms. The molecule has 0 aromatic heterocycles. The minimum absolute atomic E-state index is 0.0543. The van der Waals surface area contributed by atoms with Crippen molar-refractivity contribution in [2.75, 3.05) is 5.01 Å². The molecule has 0 saturated carbocycles. The smallest absolute Gasteiger partial charge is 0.357 e. The molecule has 0 fully saturated rings. The zero-order valence-corrected chi connectivity index (χ0v) is 11.5. The fraction of sp³-hybridized carbons (Fsp3) is 0.0833. The Hall–Kier alpha value is -2.52. The number of carbonyl (C=O) groups is 2. The minimum atomic E-state index is -4.34. The van der Waals surface area contributed by atoms with Crippen molar-refractivity contribution < 1.29 is 27.7 Å². The van der Waals surface area contributed by atoms with Crippen LogP contribution in [0.15, 0.2) is 45.9 Å². The van der Waals surface area contributed by atoms with Gasteiger partial charge in [0.1, 0.15) is 0 Å². The van der Waals surface area contributed by atoms with Crippen molar-refractivity contribution in [2.45, 2.75) is 11.8 Å². The summed E-state index contributed by atoms with van der Waals surface area (Å²) in [5, 5.41) is 13.5. The van der Waals surface area contributed by atoms with Gasteiger partial charge in [-0.1, -0.05) is 6.08 Å². The first kappa shape index (κ1) is 14.9. The molecule has 1 aromatic rings. The van der Waals surface area contributed by atoms with Gasteiger partial charge in [-0.25, -0.2) is 4.79 Å². The average molecular weight is 310 g/mol. The number of aliphatic carboxylic acids is 1. The number of carboxylic acids is 1. The molecule has 1 aliphatic heterocycles. The van der Waals surface area contributed by atoms with Gasteiger partial charge in [-0.15, -0.1) is 0 Å². The molecule has 21 heavy (non-hydrogen) atoms. The second kappa shape index (κ2) is 5.11. The number of hydrogen-bond donors (Lipinski definition) is 2. The van der Waals surface area contributed by atoms with E-state index in [0.717, 1.165) is 17.1 Å². The van der Waals surface area contributed by atoms with Crippen molar-refractivity contribution in [3.63, 3.8) is 0 Å². The Morgan fingerprint density at radius 1 is 1.29 bits per heavy atom. The van der Waals surface area contributed by atoms with E-state index in [0.29, 0.717) is 0 Å². The number of hydrazone groups is 1. The maximum Gasteiger partial charge on any atom is 0.357 e. The van der Waals surface area contributed by atoms with Crippen molar-refractivity contribution in [3.05, 3.63) is 35.9 Å². The molecule has 9 heteroatoms. The molecule has 1 aliphatic rings. The Kier molecular flexibility index (Phi) is 3.62. The third-order valence-electron chi connectivity index (χ3n) is 2.75. The van der Waals surface area contributed by atoms with Crippen molar-refractivity contribution >= 4 is 33.4 Å². The first-order chi connectivity index (χ1) is 9.75. The minimum Gasteiger partial charge on any atom is -0.476 e. The third-order valence-corrected chi connectivity index (χ3v) is 3.62. The molecule has 0 atom stereocenters. The van der Waals surface area contributed by atoms with Gasteiger partial charge in [0.15, 0.2) is 5.71 Å². The Morgan fingerprint density at radius 2 is 1.86 bits per heavy atom. The molecule has 0 unspecified atom stereocenters. The largest absolute Gasteiger partial charge is 0.476 e. The summed E-state index contributed by atoms with van der Waals surface area (Å²) in [7, 11) is -4.34. The molecule has 2 rings (SSSR count). The van der Waals surface area contributed by atoms with Crippen LogP contribution in [0.4, 0.5) is 5.69 Å². The van der Waals surface area contributed by atoms with Crippen LogP contribution in [0.3, 0.4) is 0 Å². The predicted octanol–water partition coefficient (Wildman–Crippen LogP) is 0.667. The Labute approximate surface area is 119 Å². The van der Waals surface area contributed by atoms with Crippen LogP contribution >= 0.6 is 0 Å². The highest BCUT2D eigenvalue weighted by molar-refractivity contribution is 7.85. The average Bonchev–Trinajstić information content (AvgIpc) is 2.75. The lowest BCUT2D eigenvalue weighted by Gasteiger charge is -2.11. The zero-order chi connectivity index (χ0) is 15.8. The first-order valence-electron chi connectivity index (χ1n) is 5.66. The third kappa shape index (κ3) is 2.69. The van der Waals surface area contributed by atoms with Crippen molar-refractivity contribution in [3.8, 4) is 0 Å². The van der Waals surface area contributed by atoms with E-state index in [1.807, 2.05) is 0 Å². The van der Waals surface area contributed by atoms with E-state index in [1.165, 1.54) is 25.1 Å². The lowest BCUT2D eigenvalue weighted by atomic mass is 10.1. The summed E-state index contributed by atoms with van der Waals surface area (Å²) in [5.41, 5.74) is -0.259. The van der Waals surface area contributed by atoms with E-state index >= 15 is 0 Å². The monoisotopic (exact) mass is 310 g/mol. The molecule has 0 bridgehead atoms. The lowest BCUT2D eigenvalue weighted by molar-refractivity contribution is -0.129. The standard InChI is InChI=1S/C12H10N2O6S/c1-2-9-10(12(16)17)13-14(11(9)15)7-3-5-8(6-4-7)21(18,19)20/h2-6H,1H3,(H,16,17)(H,18,19,20)/b9-2-. The van der Waals surface area contributed by atoms with E-state index in [2.05, 4.69) is 5.10 Å². The maximum absolute atomic E-state index is 12.0. The molecule has 1 amide bonds. The fourth-order valence-electron chi connectivity index (χ4n) is 1.77. The zero-order valence-electron chi connectivity index (χ0n) is 10.7. The Morgan fingerprint density at radius 3 is 2.24 bits per heavy atom. The molecule has 2 N–H and O–H groups in total. The number of allylic oxidation sites excluding steroid dienone is 1. The molecule has 0 saturated heterocycles. The second-order valence-electron chi connectivity index (χ2n) is 4.04. The summed E-state index contributed by atoms with van der Waals surface area (Å²) >= 11 is 0. The van der Waals surface area contributed by atoms with Crippen molar-refractivity contribution in [2.24, 2.45) is 5.10 Å². The van der Waals surface area contributed by atoms with Crippen LogP contribution in [0.25, 0.3) is 0 Å². The van der Waals surface area contributed by atoms with Gasteiger partial charge in [0.05, 0.1) is 16.2 Å². The highest BCUT2D eigenvalue weighted by Crippen LogP contribution is 2.25. The summed E-state index contributed by atoms with van der Waals surface area (Å²) in [5.74, 6) is -1.97. The maximum atomic E-state index is 12.0. The molecule has 0 radical (unpaired) electrons. The molecular formula is C12H10N2O6S. The van der Waals surface area contributed by atoms with Crippen molar-refractivity contribution in [1.82, 2.24) is 0 Å². The van der Waals surface area contributed by atoms with Gasteiger partial charge in [-0.05, 0) is 31.2 Å². The van der Waals surface area contributed by atoms with Crippen LogP contribution in [-0.2, 0) is 19.7 Å². The van der Waals surface area contributed by atoms with Crippen LogP contribution < -0.4 is 5.01 Å². The summed E-state index contributed by atoms with van der Waals surface area (Å²) in [6.07, 6.45) is 1.34. The molecule has 110 valence electrons. The van der Waals surface area contributed by atoms with Gasteiger partial charge in [0.2, 0.25) is 0 Å². The fourth-order valence-corrected chi connectivity index (χ4v) is 2.25. The van der Waals surface area contributed by atoms with Crippen LogP contribution in [-0.4, -0.2) is 35.7 Å². The summed E-state index contributed by atoms with van der Waals surface area (Å²) < 4.78 is 30.7. The van der Waals surface area contributed by atoms with Crippen LogP contribution in [0, 0.1) is 0 Å². The Bertz CT molecular complexity index is 776. The van der Waals surface area contributed by atoms with Gasteiger partial charge in [0.25, 0.3) is 16.0 Å². The van der Waals surface area contributed by atoms with Crippen LogP contribution in [0.5, 0.6) is 0 Å². The summed E-state index contributed by atoms with van der Waals surface area (Å²) in [4.78, 5) is 22.7. The SMILES string of the molecule is C/C=C1\C(=O)N(c2ccc(S(=O)(=O)O)cc2)N=C1C(=O)O. The quantitative estimate of drug-likeness (QED) is 0.624. The summed E-state index contributed by atoms with van der Waals surface area (Å²) in [6, 6.07) is 4.65. The molecule has 1 heterocycles. The molecule has 0 aliphatic carbocycles. The highest BCUT2D eigenvalue weighted by Gasteiger charge is 2.34. The molecular weight excluding hydrogens is 300 g/mol. The number of benzene rings is 1. The van der Waals surface area contributed by atoms with Gasteiger partial charge >= 0.3 is 5.97 Å². The number of carbonyl (C=O) groups excluding carboxylic acids is 1. The van der Waals surface area contributed by atoms with E-state index in [4.69, 9.17) is 9.66 Å². The van der Waals surface area contributed by atoms with Gasteiger partial charge in [0, 0.05) is 0 Å². The summed E-state index contributed by atoms with van der Waals surface area (Å²) in [6.45, 7) is 1.51. The predicted molar refractivity (Wildman–Crippen MR) is 72.6 cm³/mol. The Balaban J connectivity index is 2.44. The molecule has 1 aromatic carbocycles. The first-order valence-corrected chi connectivity index (χ1v) is 7.10.